The van der Waals surface area contributed by atoms with Crippen LogP contribution in [0.1, 0.15) is 43.8 Å². The summed E-state index contributed by atoms with van der Waals surface area (Å²) < 4.78 is 4.43. The fourth-order valence-electron chi connectivity index (χ4n) is 1.81. The highest BCUT2D eigenvalue weighted by molar-refractivity contribution is 7.09. The van der Waals surface area contributed by atoms with Crippen LogP contribution < -0.4 is 4.90 Å². The fraction of sp³-hybridized carbons (Fsp3) is 0.800. The van der Waals surface area contributed by atoms with Gasteiger partial charge in [0.05, 0.1) is 0 Å². The number of hydrogen-bond acceptors (Lipinski definition) is 4. The molecule has 3 rings (SSSR count). The molecule has 1 heterocycles. The smallest absolute Gasteiger partial charge is 0.205 e. The highest BCUT2D eigenvalue weighted by Crippen LogP contribution is 2.40. The van der Waals surface area contributed by atoms with Crippen molar-refractivity contribution in [3.05, 3.63) is 5.82 Å². The molecule has 2 aliphatic carbocycles. The maximum atomic E-state index is 4.61. The van der Waals surface area contributed by atoms with Gasteiger partial charge < -0.3 is 4.90 Å². The lowest BCUT2D eigenvalue weighted by atomic mass is 9.92. The third-order valence-corrected chi connectivity index (χ3v) is 4.12. The molecule has 0 unspecified atom stereocenters. The van der Waals surface area contributed by atoms with Crippen LogP contribution in [0.3, 0.4) is 0 Å². The van der Waals surface area contributed by atoms with Crippen LogP contribution in [0.25, 0.3) is 0 Å². The SMILES string of the molecule is CN(c1nc(C2CC2)ns1)C1CCC1. The quantitative estimate of drug-likeness (QED) is 0.765. The molecular weight excluding hydrogens is 194 g/mol. The molecule has 0 amide bonds. The first-order chi connectivity index (χ1) is 6.84. The Morgan fingerprint density at radius 2 is 2.07 bits per heavy atom. The molecular formula is C10H15N3S. The standard InChI is InChI=1S/C10H15N3S/c1-13(8-3-2-4-8)10-11-9(12-14-10)7-5-6-7/h7-8H,2-6H2,1H3. The summed E-state index contributed by atoms with van der Waals surface area (Å²) in [5.41, 5.74) is 0. The summed E-state index contributed by atoms with van der Waals surface area (Å²) in [6.45, 7) is 0. The zero-order valence-electron chi connectivity index (χ0n) is 8.44. The maximum Gasteiger partial charge on any atom is 0.205 e. The van der Waals surface area contributed by atoms with Crippen molar-refractivity contribution in [3.63, 3.8) is 0 Å². The molecule has 0 aliphatic heterocycles. The minimum absolute atomic E-state index is 0.690. The molecule has 76 valence electrons. The fourth-order valence-corrected chi connectivity index (χ4v) is 2.58. The van der Waals surface area contributed by atoms with Crippen molar-refractivity contribution in [2.45, 2.75) is 44.1 Å². The molecule has 3 nitrogen and oxygen atoms in total. The zero-order chi connectivity index (χ0) is 9.54. The van der Waals surface area contributed by atoms with E-state index < -0.39 is 0 Å². The van der Waals surface area contributed by atoms with Crippen molar-refractivity contribution in [3.8, 4) is 0 Å². The molecule has 2 saturated carbocycles. The molecule has 2 aliphatic rings. The van der Waals surface area contributed by atoms with Gasteiger partial charge in [-0.3, -0.25) is 0 Å². The summed E-state index contributed by atoms with van der Waals surface area (Å²) in [5, 5.41) is 1.12. The molecule has 1 aromatic heterocycles. The molecule has 0 N–H and O–H groups in total. The Morgan fingerprint density at radius 3 is 2.64 bits per heavy atom. The monoisotopic (exact) mass is 209 g/mol. The number of aromatic nitrogens is 2. The first-order valence-electron chi connectivity index (χ1n) is 5.41. The molecule has 0 atom stereocenters. The highest BCUT2D eigenvalue weighted by Gasteiger charge is 2.30. The summed E-state index contributed by atoms with van der Waals surface area (Å²) in [7, 11) is 2.15. The van der Waals surface area contributed by atoms with Gasteiger partial charge in [0.15, 0.2) is 0 Å². The molecule has 0 bridgehead atoms. The molecule has 0 radical (unpaired) electrons. The van der Waals surface area contributed by atoms with Crippen molar-refractivity contribution in [2.75, 3.05) is 11.9 Å². The molecule has 2 fully saturated rings. The Bertz CT molecular complexity index is 328. The molecule has 14 heavy (non-hydrogen) atoms. The van der Waals surface area contributed by atoms with E-state index in [4.69, 9.17) is 0 Å². The van der Waals surface area contributed by atoms with E-state index in [1.807, 2.05) is 0 Å². The molecule has 0 saturated heterocycles. The predicted molar refractivity (Wildman–Crippen MR) is 57.9 cm³/mol. The van der Waals surface area contributed by atoms with Gasteiger partial charge in [-0.2, -0.15) is 4.37 Å². The van der Waals surface area contributed by atoms with E-state index >= 15 is 0 Å². The average molecular weight is 209 g/mol. The minimum atomic E-state index is 0.690. The van der Waals surface area contributed by atoms with E-state index in [2.05, 4.69) is 21.3 Å². The van der Waals surface area contributed by atoms with Crippen LogP contribution in [0.4, 0.5) is 5.13 Å². The van der Waals surface area contributed by atoms with Crippen LogP contribution in [0.2, 0.25) is 0 Å². The summed E-state index contributed by atoms with van der Waals surface area (Å²) in [6.07, 6.45) is 6.62. The summed E-state index contributed by atoms with van der Waals surface area (Å²) in [4.78, 5) is 6.92. The van der Waals surface area contributed by atoms with Gasteiger partial charge in [0.2, 0.25) is 5.13 Å². The van der Waals surface area contributed by atoms with Gasteiger partial charge in [0.1, 0.15) is 5.82 Å². The first kappa shape index (κ1) is 8.65. The van der Waals surface area contributed by atoms with Gasteiger partial charge in [0, 0.05) is 30.5 Å². The van der Waals surface area contributed by atoms with Gasteiger partial charge in [0.25, 0.3) is 0 Å². The highest BCUT2D eigenvalue weighted by atomic mass is 32.1. The molecule has 4 heteroatoms. The van der Waals surface area contributed by atoms with Crippen LogP contribution >= 0.6 is 11.5 Å². The van der Waals surface area contributed by atoms with Crippen molar-refractivity contribution in [1.82, 2.24) is 9.36 Å². The minimum Gasteiger partial charge on any atom is -0.347 e. The van der Waals surface area contributed by atoms with Crippen LogP contribution in [-0.4, -0.2) is 22.4 Å². The normalized spacial score (nSPS) is 22.1. The van der Waals surface area contributed by atoms with Crippen molar-refractivity contribution in [1.29, 1.82) is 0 Å². The molecule has 0 spiro atoms. The van der Waals surface area contributed by atoms with Crippen LogP contribution in [0.5, 0.6) is 0 Å². The number of rotatable bonds is 3. The summed E-state index contributed by atoms with van der Waals surface area (Å²) >= 11 is 1.57. The van der Waals surface area contributed by atoms with E-state index in [1.165, 1.54) is 32.1 Å². The molecule has 1 aromatic rings. The topological polar surface area (TPSA) is 29.0 Å². The van der Waals surface area contributed by atoms with Gasteiger partial charge >= 0.3 is 0 Å². The lowest BCUT2D eigenvalue weighted by molar-refractivity contribution is 0.401. The van der Waals surface area contributed by atoms with E-state index in [0.717, 1.165) is 17.0 Å². The second-order valence-electron chi connectivity index (χ2n) is 4.41. The second-order valence-corrected chi connectivity index (χ2v) is 5.14. The lowest BCUT2D eigenvalue weighted by Crippen LogP contribution is -2.37. The van der Waals surface area contributed by atoms with E-state index in [-0.39, 0.29) is 0 Å². The van der Waals surface area contributed by atoms with Crippen LogP contribution in [-0.2, 0) is 0 Å². The van der Waals surface area contributed by atoms with Gasteiger partial charge in [-0.1, -0.05) is 0 Å². The molecule has 0 aromatic carbocycles. The van der Waals surface area contributed by atoms with Crippen molar-refractivity contribution < 1.29 is 0 Å². The third-order valence-electron chi connectivity index (χ3n) is 3.30. The zero-order valence-corrected chi connectivity index (χ0v) is 9.26. The summed E-state index contributed by atoms with van der Waals surface area (Å²) in [6, 6.07) is 0.731. The van der Waals surface area contributed by atoms with Gasteiger partial charge in [-0.05, 0) is 32.1 Å². The number of nitrogens with zero attached hydrogens (tertiary/aromatic N) is 3. The van der Waals surface area contributed by atoms with E-state index in [0.29, 0.717) is 5.92 Å². The van der Waals surface area contributed by atoms with Gasteiger partial charge in [-0.25, -0.2) is 4.98 Å². The Balaban J connectivity index is 1.74. The van der Waals surface area contributed by atoms with Crippen molar-refractivity contribution in [2.24, 2.45) is 0 Å². The Morgan fingerprint density at radius 1 is 1.29 bits per heavy atom. The van der Waals surface area contributed by atoms with E-state index in [1.54, 1.807) is 11.5 Å². The second kappa shape index (κ2) is 3.19. The average Bonchev–Trinajstić information content (AvgIpc) is 2.81. The van der Waals surface area contributed by atoms with E-state index in [9.17, 15) is 0 Å². The maximum absolute atomic E-state index is 4.61. The predicted octanol–water partition coefficient (Wildman–Crippen LogP) is 2.40. The summed E-state index contributed by atoms with van der Waals surface area (Å²) in [5.74, 6) is 1.78. The number of anilines is 1. The van der Waals surface area contributed by atoms with Gasteiger partial charge in [-0.15, -0.1) is 0 Å². The largest absolute Gasteiger partial charge is 0.347 e. The Labute approximate surface area is 88.3 Å². The number of hydrogen-bond donors (Lipinski definition) is 0. The Kier molecular flexibility index (Phi) is 1.97. The van der Waals surface area contributed by atoms with Crippen molar-refractivity contribution >= 4 is 16.7 Å². The van der Waals surface area contributed by atoms with Crippen LogP contribution in [0.15, 0.2) is 0 Å². The third kappa shape index (κ3) is 1.41. The van der Waals surface area contributed by atoms with Crippen LogP contribution in [0, 0.1) is 0 Å². The first-order valence-corrected chi connectivity index (χ1v) is 6.18. The Hall–Kier alpha value is -0.640. The lowest BCUT2D eigenvalue weighted by Gasteiger charge is -2.34.